The van der Waals surface area contributed by atoms with E-state index in [0.29, 0.717) is 11.7 Å². The molecule has 24 heavy (non-hydrogen) atoms. The molecule has 0 aliphatic heterocycles. The number of aryl methyl sites for hydroxylation is 2. The number of hydrogen-bond donors (Lipinski definition) is 1. The molecule has 0 saturated heterocycles. The van der Waals surface area contributed by atoms with E-state index >= 15 is 0 Å². The van der Waals surface area contributed by atoms with Crippen LogP contribution in [0.1, 0.15) is 23.7 Å². The van der Waals surface area contributed by atoms with E-state index in [1.165, 1.54) is 10.5 Å². The summed E-state index contributed by atoms with van der Waals surface area (Å²) in [5, 5.41) is 7.17. The van der Waals surface area contributed by atoms with Gasteiger partial charge in [0.05, 0.1) is 0 Å². The Morgan fingerprint density at radius 3 is 2.67 bits per heavy atom. The Bertz CT molecular complexity index is 653. The third-order valence-electron chi connectivity index (χ3n) is 3.57. The highest BCUT2D eigenvalue weighted by molar-refractivity contribution is 7.98. The highest BCUT2D eigenvalue weighted by Crippen LogP contribution is 2.15. The Balaban J connectivity index is 1.77. The summed E-state index contributed by atoms with van der Waals surface area (Å²) in [6, 6.07) is 8.62. The van der Waals surface area contributed by atoms with E-state index in [9.17, 15) is 0 Å². The maximum absolute atomic E-state index is 5.11. The van der Waals surface area contributed by atoms with Gasteiger partial charge in [-0.1, -0.05) is 17.3 Å². The van der Waals surface area contributed by atoms with E-state index < -0.39 is 0 Å². The van der Waals surface area contributed by atoms with Gasteiger partial charge in [0.25, 0.3) is 0 Å². The van der Waals surface area contributed by atoms with Crippen molar-refractivity contribution >= 4 is 17.7 Å². The topological polar surface area (TPSA) is 66.5 Å². The molecular weight excluding hydrogens is 322 g/mol. The molecule has 1 aromatic carbocycles. The summed E-state index contributed by atoms with van der Waals surface area (Å²) in [5.41, 5.74) is 1.26. The van der Waals surface area contributed by atoms with Crippen molar-refractivity contribution in [2.45, 2.75) is 31.2 Å². The molecule has 0 saturated carbocycles. The number of guanidine groups is 1. The van der Waals surface area contributed by atoms with Gasteiger partial charge in [0.1, 0.15) is 0 Å². The van der Waals surface area contributed by atoms with Crippen molar-refractivity contribution in [3.8, 4) is 0 Å². The fraction of sp³-hybridized carbons (Fsp3) is 0.471. The van der Waals surface area contributed by atoms with Crippen molar-refractivity contribution in [1.82, 2.24) is 20.4 Å². The van der Waals surface area contributed by atoms with Gasteiger partial charge >= 0.3 is 0 Å². The number of nitrogens with zero attached hydrogens (tertiary/aromatic N) is 4. The van der Waals surface area contributed by atoms with E-state index in [4.69, 9.17) is 4.52 Å². The minimum absolute atomic E-state index is 0.681. The lowest BCUT2D eigenvalue weighted by Crippen LogP contribution is -2.39. The zero-order valence-corrected chi connectivity index (χ0v) is 15.6. The number of benzene rings is 1. The van der Waals surface area contributed by atoms with Crippen LogP contribution in [-0.2, 0) is 13.0 Å². The standard InChI is InChI=1S/C17H25N5OS/c1-13-20-16(23-21-13)6-5-11-19-17(18-2)22(3)12-14-7-9-15(24-4)10-8-14/h7-10H,5-6,11-12H2,1-4H3,(H,18,19). The molecule has 1 N–H and O–H groups in total. The Morgan fingerprint density at radius 2 is 2.08 bits per heavy atom. The first-order chi connectivity index (χ1) is 11.6. The van der Waals surface area contributed by atoms with Crippen LogP contribution in [-0.4, -0.2) is 47.9 Å². The van der Waals surface area contributed by atoms with Gasteiger partial charge in [-0.25, -0.2) is 0 Å². The molecule has 0 radical (unpaired) electrons. The van der Waals surface area contributed by atoms with Gasteiger partial charge in [0.2, 0.25) is 5.89 Å². The van der Waals surface area contributed by atoms with E-state index in [-0.39, 0.29) is 0 Å². The van der Waals surface area contributed by atoms with Crippen LogP contribution < -0.4 is 5.32 Å². The highest BCUT2D eigenvalue weighted by Gasteiger charge is 2.07. The molecule has 1 aromatic heterocycles. The Hall–Kier alpha value is -2.02. The summed E-state index contributed by atoms with van der Waals surface area (Å²) in [5.74, 6) is 2.25. The number of aliphatic imine (C=N–C) groups is 1. The van der Waals surface area contributed by atoms with Crippen LogP contribution in [0.4, 0.5) is 0 Å². The molecule has 6 nitrogen and oxygen atoms in total. The maximum Gasteiger partial charge on any atom is 0.226 e. The number of thioether (sulfide) groups is 1. The molecule has 0 fully saturated rings. The SMILES string of the molecule is CN=C(NCCCc1nc(C)no1)N(C)Cc1ccc(SC)cc1. The quantitative estimate of drug-likeness (QED) is 0.359. The van der Waals surface area contributed by atoms with Crippen molar-refractivity contribution in [2.75, 3.05) is 26.9 Å². The minimum Gasteiger partial charge on any atom is -0.356 e. The average Bonchev–Trinajstić information content (AvgIpc) is 3.01. The lowest BCUT2D eigenvalue weighted by Gasteiger charge is -2.22. The lowest BCUT2D eigenvalue weighted by atomic mass is 10.2. The normalized spacial score (nSPS) is 11.6. The summed E-state index contributed by atoms with van der Waals surface area (Å²) in [6.45, 7) is 3.45. The molecule has 2 rings (SSSR count). The van der Waals surface area contributed by atoms with Crippen LogP contribution in [0.3, 0.4) is 0 Å². The van der Waals surface area contributed by atoms with Crippen LogP contribution in [0.15, 0.2) is 38.7 Å². The Kier molecular flexibility index (Phi) is 7.11. The van der Waals surface area contributed by atoms with Gasteiger partial charge < -0.3 is 14.7 Å². The first-order valence-corrected chi connectivity index (χ1v) is 9.18. The third kappa shape index (κ3) is 5.56. The third-order valence-corrected chi connectivity index (χ3v) is 4.32. The Labute approximate surface area is 147 Å². The second-order valence-electron chi connectivity index (χ2n) is 5.52. The minimum atomic E-state index is 0.681. The molecule has 0 atom stereocenters. The zero-order chi connectivity index (χ0) is 17.4. The Morgan fingerprint density at radius 1 is 1.33 bits per heavy atom. The second kappa shape index (κ2) is 9.32. The van der Waals surface area contributed by atoms with Crippen LogP contribution in [0.25, 0.3) is 0 Å². The molecule has 0 aliphatic carbocycles. The first kappa shape index (κ1) is 18.3. The molecule has 1 heterocycles. The zero-order valence-electron chi connectivity index (χ0n) is 14.7. The monoisotopic (exact) mass is 347 g/mol. The van der Waals surface area contributed by atoms with Crippen LogP contribution in [0.2, 0.25) is 0 Å². The van der Waals surface area contributed by atoms with Crippen molar-refractivity contribution in [2.24, 2.45) is 4.99 Å². The summed E-state index contributed by atoms with van der Waals surface area (Å²) < 4.78 is 5.11. The van der Waals surface area contributed by atoms with Crippen molar-refractivity contribution in [1.29, 1.82) is 0 Å². The van der Waals surface area contributed by atoms with Gasteiger partial charge in [-0.15, -0.1) is 11.8 Å². The molecule has 0 unspecified atom stereocenters. The average molecular weight is 347 g/mol. The predicted molar refractivity (Wildman–Crippen MR) is 98.4 cm³/mol. The van der Waals surface area contributed by atoms with Crippen molar-refractivity contribution in [3.05, 3.63) is 41.5 Å². The smallest absolute Gasteiger partial charge is 0.226 e. The summed E-state index contributed by atoms with van der Waals surface area (Å²) in [4.78, 5) is 11.9. The van der Waals surface area contributed by atoms with Crippen LogP contribution in [0, 0.1) is 6.92 Å². The number of nitrogens with one attached hydrogen (secondary N) is 1. The predicted octanol–water partition coefficient (Wildman–Crippen LogP) is 2.74. The van der Waals surface area contributed by atoms with Gasteiger partial charge in [0, 0.05) is 38.5 Å². The summed E-state index contributed by atoms with van der Waals surface area (Å²) in [7, 11) is 3.84. The molecule has 0 spiro atoms. The highest BCUT2D eigenvalue weighted by atomic mass is 32.2. The first-order valence-electron chi connectivity index (χ1n) is 7.96. The van der Waals surface area contributed by atoms with Gasteiger partial charge in [0.15, 0.2) is 11.8 Å². The van der Waals surface area contributed by atoms with Gasteiger partial charge in [-0.2, -0.15) is 4.98 Å². The van der Waals surface area contributed by atoms with Crippen LogP contribution in [0.5, 0.6) is 0 Å². The fourth-order valence-corrected chi connectivity index (χ4v) is 2.75. The lowest BCUT2D eigenvalue weighted by molar-refractivity contribution is 0.371. The second-order valence-corrected chi connectivity index (χ2v) is 6.40. The summed E-state index contributed by atoms with van der Waals surface area (Å²) >= 11 is 1.75. The molecule has 2 aromatic rings. The van der Waals surface area contributed by atoms with Gasteiger partial charge in [-0.05, 0) is 37.3 Å². The van der Waals surface area contributed by atoms with Crippen LogP contribution >= 0.6 is 11.8 Å². The van der Waals surface area contributed by atoms with Crippen molar-refractivity contribution < 1.29 is 4.52 Å². The largest absolute Gasteiger partial charge is 0.356 e. The molecular formula is C17H25N5OS. The molecule has 0 aliphatic rings. The molecule has 0 bridgehead atoms. The number of hydrogen-bond acceptors (Lipinski definition) is 5. The number of aromatic nitrogens is 2. The van der Waals surface area contributed by atoms with E-state index in [0.717, 1.165) is 31.9 Å². The molecule has 130 valence electrons. The van der Waals surface area contributed by atoms with E-state index in [2.05, 4.69) is 55.9 Å². The van der Waals surface area contributed by atoms with E-state index in [1.807, 2.05) is 14.0 Å². The molecule has 0 amide bonds. The van der Waals surface area contributed by atoms with E-state index in [1.54, 1.807) is 18.8 Å². The molecule has 7 heteroatoms. The summed E-state index contributed by atoms with van der Waals surface area (Å²) in [6.07, 6.45) is 3.77. The van der Waals surface area contributed by atoms with Crippen molar-refractivity contribution in [3.63, 3.8) is 0 Å². The number of rotatable bonds is 7. The fourth-order valence-electron chi connectivity index (χ4n) is 2.35. The maximum atomic E-state index is 5.11. The van der Waals surface area contributed by atoms with Gasteiger partial charge in [-0.3, -0.25) is 4.99 Å².